The summed E-state index contributed by atoms with van der Waals surface area (Å²) in [6.07, 6.45) is 0. The Morgan fingerprint density at radius 3 is 2.67 bits per heavy atom. The summed E-state index contributed by atoms with van der Waals surface area (Å²) in [6.45, 7) is 0. The molecule has 0 saturated carbocycles. The van der Waals surface area contributed by atoms with E-state index in [2.05, 4.69) is 10.6 Å². The summed E-state index contributed by atoms with van der Waals surface area (Å²) >= 11 is 0. The first-order valence-electron chi connectivity index (χ1n) is 3.78. The van der Waals surface area contributed by atoms with Crippen LogP contribution >= 0.6 is 0 Å². The Bertz CT molecular complexity index is 284. The second-order valence-electron chi connectivity index (χ2n) is 2.41. The molecule has 0 heterocycles. The largest absolute Gasteiger partial charge is 0.388 e. The lowest BCUT2D eigenvalue weighted by Gasteiger charge is -2.02. The summed E-state index contributed by atoms with van der Waals surface area (Å²) in [7, 11) is 3.44. The molecule has 0 saturated heterocycles. The number of amides is 1. The first-order chi connectivity index (χ1) is 5.77. The summed E-state index contributed by atoms with van der Waals surface area (Å²) < 4.78 is 0. The van der Waals surface area contributed by atoms with Crippen LogP contribution in [0.1, 0.15) is 10.4 Å². The van der Waals surface area contributed by atoms with E-state index in [1.165, 1.54) is 0 Å². The van der Waals surface area contributed by atoms with E-state index in [9.17, 15) is 4.79 Å². The predicted octanol–water partition coefficient (Wildman–Crippen LogP) is 1.09. The van der Waals surface area contributed by atoms with Crippen molar-refractivity contribution in [2.24, 2.45) is 0 Å². The van der Waals surface area contributed by atoms with Crippen molar-refractivity contribution in [3.05, 3.63) is 29.8 Å². The van der Waals surface area contributed by atoms with Crippen LogP contribution in [0.15, 0.2) is 24.3 Å². The van der Waals surface area contributed by atoms with Crippen molar-refractivity contribution >= 4 is 11.6 Å². The molecule has 0 aliphatic rings. The molecular weight excluding hydrogens is 152 g/mol. The lowest BCUT2D eigenvalue weighted by atomic mass is 10.2. The average Bonchev–Trinajstić information content (AvgIpc) is 2.17. The van der Waals surface area contributed by atoms with Crippen molar-refractivity contribution < 1.29 is 4.79 Å². The minimum absolute atomic E-state index is 0.0629. The van der Waals surface area contributed by atoms with Gasteiger partial charge in [0.15, 0.2) is 0 Å². The van der Waals surface area contributed by atoms with Crippen LogP contribution in [-0.2, 0) is 0 Å². The molecule has 0 bridgehead atoms. The summed E-state index contributed by atoms with van der Waals surface area (Å²) in [5, 5.41) is 5.53. The Labute approximate surface area is 71.8 Å². The van der Waals surface area contributed by atoms with Gasteiger partial charge in [0.05, 0.1) is 0 Å². The van der Waals surface area contributed by atoms with Gasteiger partial charge in [0.25, 0.3) is 5.91 Å². The summed E-state index contributed by atoms with van der Waals surface area (Å²) in [5.74, 6) is -0.0629. The SMILES string of the molecule is CNC(=O)c1cccc(NC)c1. The van der Waals surface area contributed by atoms with Gasteiger partial charge in [0, 0.05) is 25.3 Å². The number of anilines is 1. The van der Waals surface area contributed by atoms with E-state index >= 15 is 0 Å². The number of rotatable bonds is 2. The summed E-state index contributed by atoms with van der Waals surface area (Å²) in [5.41, 5.74) is 1.61. The lowest BCUT2D eigenvalue weighted by Crippen LogP contribution is -2.17. The van der Waals surface area contributed by atoms with Crippen LogP contribution in [0.25, 0.3) is 0 Å². The van der Waals surface area contributed by atoms with Gasteiger partial charge in [-0.15, -0.1) is 0 Å². The van der Waals surface area contributed by atoms with Crippen LogP contribution < -0.4 is 10.6 Å². The molecule has 1 amide bonds. The Kier molecular flexibility index (Phi) is 2.69. The molecule has 3 heteroatoms. The minimum Gasteiger partial charge on any atom is -0.388 e. The van der Waals surface area contributed by atoms with Crippen LogP contribution in [0.4, 0.5) is 5.69 Å². The van der Waals surface area contributed by atoms with Gasteiger partial charge in [-0.3, -0.25) is 4.79 Å². The number of carbonyl (C=O) groups excluding carboxylic acids is 1. The Balaban J connectivity index is 2.93. The normalized spacial score (nSPS) is 9.17. The van der Waals surface area contributed by atoms with Crippen molar-refractivity contribution in [3.8, 4) is 0 Å². The fourth-order valence-corrected chi connectivity index (χ4v) is 0.960. The molecule has 1 rings (SSSR count). The minimum atomic E-state index is -0.0629. The molecule has 64 valence electrons. The third-order valence-corrected chi connectivity index (χ3v) is 1.64. The van der Waals surface area contributed by atoms with Gasteiger partial charge in [-0.2, -0.15) is 0 Å². The molecule has 0 aromatic heterocycles. The van der Waals surface area contributed by atoms with Gasteiger partial charge < -0.3 is 10.6 Å². The smallest absolute Gasteiger partial charge is 0.251 e. The van der Waals surface area contributed by atoms with Crippen LogP contribution in [-0.4, -0.2) is 20.0 Å². The maximum atomic E-state index is 11.1. The van der Waals surface area contributed by atoms with E-state index in [0.29, 0.717) is 5.56 Å². The van der Waals surface area contributed by atoms with E-state index < -0.39 is 0 Å². The van der Waals surface area contributed by atoms with Gasteiger partial charge in [-0.25, -0.2) is 0 Å². The first kappa shape index (κ1) is 8.59. The highest BCUT2D eigenvalue weighted by Gasteiger charge is 2.01. The third-order valence-electron chi connectivity index (χ3n) is 1.64. The van der Waals surface area contributed by atoms with Crippen molar-refractivity contribution in [2.75, 3.05) is 19.4 Å². The molecule has 0 radical (unpaired) electrons. The van der Waals surface area contributed by atoms with Gasteiger partial charge >= 0.3 is 0 Å². The quantitative estimate of drug-likeness (QED) is 0.687. The van der Waals surface area contributed by atoms with E-state index in [4.69, 9.17) is 0 Å². The molecule has 12 heavy (non-hydrogen) atoms. The molecule has 0 atom stereocenters. The van der Waals surface area contributed by atoms with Crippen molar-refractivity contribution in [3.63, 3.8) is 0 Å². The average molecular weight is 164 g/mol. The van der Waals surface area contributed by atoms with Crippen molar-refractivity contribution in [1.82, 2.24) is 5.32 Å². The standard InChI is InChI=1S/C9H12N2O/c1-10-8-5-3-4-7(6-8)9(12)11-2/h3-6,10H,1-2H3,(H,11,12). The predicted molar refractivity (Wildman–Crippen MR) is 49.4 cm³/mol. The number of carbonyl (C=O) groups is 1. The number of nitrogens with one attached hydrogen (secondary N) is 2. The zero-order chi connectivity index (χ0) is 8.97. The van der Waals surface area contributed by atoms with E-state index in [1.807, 2.05) is 19.2 Å². The van der Waals surface area contributed by atoms with E-state index in [-0.39, 0.29) is 5.91 Å². The highest BCUT2D eigenvalue weighted by Crippen LogP contribution is 2.08. The Morgan fingerprint density at radius 2 is 2.08 bits per heavy atom. The molecule has 0 spiro atoms. The highest BCUT2D eigenvalue weighted by molar-refractivity contribution is 5.94. The third kappa shape index (κ3) is 1.75. The highest BCUT2D eigenvalue weighted by atomic mass is 16.1. The maximum absolute atomic E-state index is 11.1. The van der Waals surface area contributed by atoms with Crippen molar-refractivity contribution in [2.45, 2.75) is 0 Å². The van der Waals surface area contributed by atoms with Crippen LogP contribution in [0.3, 0.4) is 0 Å². The van der Waals surface area contributed by atoms with Gasteiger partial charge in [-0.1, -0.05) is 6.07 Å². The number of benzene rings is 1. The molecule has 3 nitrogen and oxygen atoms in total. The molecular formula is C9H12N2O. The van der Waals surface area contributed by atoms with E-state index in [1.54, 1.807) is 19.2 Å². The second kappa shape index (κ2) is 3.76. The van der Waals surface area contributed by atoms with Gasteiger partial charge in [-0.05, 0) is 18.2 Å². The molecule has 1 aromatic rings. The monoisotopic (exact) mass is 164 g/mol. The fourth-order valence-electron chi connectivity index (χ4n) is 0.960. The summed E-state index contributed by atoms with van der Waals surface area (Å²) in [6, 6.07) is 7.33. The topological polar surface area (TPSA) is 41.1 Å². The number of hydrogen-bond donors (Lipinski definition) is 2. The Hall–Kier alpha value is -1.51. The van der Waals surface area contributed by atoms with Crippen LogP contribution in [0.2, 0.25) is 0 Å². The number of hydrogen-bond acceptors (Lipinski definition) is 2. The molecule has 0 fully saturated rings. The van der Waals surface area contributed by atoms with Gasteiger partial charge in [0.2, 0.25) is 0 Å². The molecule has 2 N–H and O–H groups in total. The molecule has 0 aliphatic carbocycles. The molecule has 0 unspecified atom stereocenters. The van der Waals surface area contributed by atoms with Gasteiger partial charge in [0.1, 0.15) is 0 Å². The fraction of sp³-hybridized carbons (Fsp3) is 0.222. The lowest BCUT2D eigenvalue weighted by molar-refractivity contribution is 0.0963. The molecule has 0 aliphatic heterocycles. The van der Waals surface area contributed by atoms with Crippen LogP contribution in [0, 0.1) is 0 Å². The van der Waals surface area contributed by atoms with E-state index in [0.717, 1.165) is 5.69 Å². The second-order valence-corrected chi connectivity index (χ2v) is 2.41. The maximum Gasteiger partial charge on any atom is 0.251 e. The van der Waals surface area contributed by atoms with Crippen LogP contribution in [0.5, 0.6) is 0 Å². The molecule has 1 aromatic carbocycles. The Morgan fingerprint density at radius 1 is 1.33 bits per heavy atom. The zero-order valence-corrected chi connectivity index (χ0v) is 7.22. The first-order valence-corrected chi connectivity index (χ1v) is 3.78. The zero-order valence-electron chi connectivity index (χ0n) is 7.22. The summed E-state index contributed by atoms with van der Waals surface area (Å²) in [4.78, 5) is 11.1. The van der Waals surface area contributed by atoms with Crippen molar-refractivity contribution in [1.29, 1.82) is 0 Å².